The van der Waals surface area contributed by atoms with Gasteiger partial charge < -0.3 is 0 Å². The predicted octanol–water partition coefficient (Wildman–Crippen LogP) is 2.13. The molecule has 62 valence electrons. The molecule has 0 unspecified atom stereocenters. The van der Waals surface area contributed by atoms with Gasteiger partial charge in [-0.05, 0) is 5.56 Å². The summed E-state index contributed by atoms with van der Waals surface area (Å²) >= 11 is 0. The largest absolute Gasteiger partial charge is 0.269 e. The molecule has 0 radical (unpaired) electrons. The molecule has 0 aliphatic carbocycles. The lowest BCUT2D eigenvalue weighted by Gasteiger charge is -1.93. The van der Waals surface area contributed by atoms with Crippen LogP contribution in [0.5, 0.6) is 0 Å². The first kappa shape index (κ1) is 8.32. The maximum Gasteiger partial charge on any atom is 0.269 e. The minimum atomic E-state index is -0.457. The Hall–Kier alpha value is -1.78. The minimum Gasteiger partial charge on any atom is -0.258 e. The highest BCUT2D eigenvalue weighted by Gasteiger charge is 2.02. The zero-order valence-corrected chi connectivity index (χ0v) is 6.23. The fraction of sp³-hybridized carbons (Fsp3) is 0.143. The Morgan fingerprint density at radius 1 is 1.42 bits per heavy atom. The summed E-state index contributed by atoms with van der Waals surface area (Å²) in [7, 11) is 0. The molecule has 5 heteroatoms. The van der Waals surface area contributed by atoms with Crippen LogP contribution >= 0.6 is 0 Å². The Morgan fingerprint density at radius 3 is 2.42 bits per heavy atom. The number of nitrogens with zero attached hydrogens (tertiary/aromatic N) is 2. The molecule has 0 heterocycles. The molecule has 0 amide bonds. The van der Waals surface area contributed by atoms with Crippen molar-refractivity contribution >= 4 is 5.69 Å². The van der Waals surface area contributed by atoms with E-state index in [1.807, 2.05) is 0 Å². The van der Waals surface area contributed by atoms with Crippen LogP contribution in [0.2, 0.25) is 0 Å². The minimum absolute atomic E-state index is 0.0590. The first-order chi connectivity index (χ1) is 5.74. The first-order valence-corrected chi connectivity index (χ1v) is 3.30. The van der Waals surface area contributed by atoms with Crippen LogP contribution in [-0.2, 0) is 6.54 Å². The molecule has 0 spiro atoms. The van der Waals surface area contributed by atoms with Gasteiger partial charge in [0.25, 0.3) is 5.69 Å². The summed E-state index contributed by atoms with van der Waals surface area (Å²) in [4.78, 5) is 9.76. The summed E-state index contributed by atoms with van der Waals surface area (Å²) in [6.45, 7) is 0.276. The SMILES string of the molecule is N=NCc1ccc([N+](=O)[O-])cc1. The summed E-state index contributed by atoms with van der Waals surface area (Å²) in [6, 6.07) is 5.99. The summed E-state index contributed by atoms with van der Waals surface area (Å²) in [5, 5.41) is 13.4. The van der Waals surface area contributed by atoms with Crippen molar-refractivity contribution in [2.75, 3.05) is 0 Å². The Kier molecular flexibility index (Phi) is 2.47. The number of nitro groups is 1. The fourth-order valence-electron chi connectivity index (χ4n) is 0.814. The second-order valence-corrected chi connectivity index (χ2v) is 2.24. The number of rotatable bonds is 3. The van der Waals surface area contributed by atoms with E-state index in [9.17, 15) is 10.1 Å². The van der Waals surface area contributed by atoms with Gasteiger partial charge in [0.15, 0.2) is 0 Å². The number of nitro benzene ring substituents is 1. The summed E-state index contributed by atoms with van der Waals surface area (Å²) in [5.41, 5.74) is 7.43. The zero-order chi connectivity index (χ0) is 8.97. The fourth-order valence-corrected chi connectivity index (χ4v) is 0.814. The van der Waals surface area contributed by atoms with E-state index in [0.29, 0.717) is 0 Å². The Morgan fingerprint density at radius 2 is 2.00 bits per heavy atom. The molecule has 0 aromatic heterocycles. The highest BCUT2D eigenvalue weighted by atomic mass is 16.6. The number of benzene rings is 1. The Balaban J connectivity index is 2.85. The Labute approximate surface area is 68.7 Å². The van der Waals surface area contributed by atoms with Gasteiger partial charge in [-0.25, -0.2) is 5.53 Å². The second kappa shape index (κ2) is 3.56. The maximum atomic E-state index is 10.2. The van der Waals surface area contributed by atoms with Crippen molar-refractivity contribution in [3.05, 3.63) is 39.9 Å². The molecule has 1 aromatic rings. The molecule has 1 rings (SSSR count). The summed E-state index contributed by atoms with van der Waals surface area (Å²) < 4.78 is 0. The van der Waals surface area contributed by atoms with Crippen LogP contribution in [-0.4, -0.2) is 4.92 Å². The van der Waals surface area contributed by atoms with E-state index < -0.39 is 4.92 Å². The maximum absolute atomic E-state index is 10.2. The van der Waals surface area contributed by atoms with Crippen LogP contribution in [0.1, 0.15) is 5.56 Å². The average molecular weight is 165 g/mol. The molecule has 0 saturated heterocycles. The topological polar surface area (TPSA) is 79.3 Å². The monoisotopic (exact) mass is 165 g/mol. The molecule has 1 aromatic carbocycles. The van der Waals surface area contributed by atoms with Crippen molar-refractivity contribution < 1.29 is 4.92 Å². The van der Waals surface area contributed by atoms with Crippen LogP contribution in [0.3, 0.4) is 0 Å². The highest BCUT2D eigenvalue weighted by Crippen LogP contribution is 2.12. The molecule has 0 atom stereocenters. The van der Waals surface area contributed by atoms with Gasteiger partial charge in [0.2, 0.25) is 0 Å². The van der Waals surface area contributed by atoms with E-state index in [-0.39, 0.29) is 12.2 Å². The number of hydrogen-bond donors (Lipinski definition) is 1. The number of non-ortho nitro benzene ring substituents is 1. The molecule has 0 fully saturated rings. The zero-order valence-electron chi connectivity index (χ0n) is 6.23. The third-order valence-corrected chi connectivity index (χ3v) is 1.41. The van der Waals surface area contributed by atoms with Crippen molar-refractivity contribution in [1.82, 2.24) is 0 Å². The van der Waals surface area contributed by atoms with Crippen molar-refractivity contribution in [3.63, 3.8) is 0 Å². The molecule has 12 heavy (non-hydrogen) atoms. The molecule has 0 aliphatic heterocycles. The quantitative estimate of drug-likeness (QED) is 0.423. The molecule has 0 aliphatic rings. The van der Waals surface area contributed by atoms with Crippen molar-refractivity contribution in [2.45, 2.75) is 6.54 Å². The lowest BCUT2D eigenvalue weighted by Crippen LogP contribution is -1.87. The molecule has 1 N–H and O–H groups in total. The second-order valence-electron chi connectivity index (χ2n) is 2.24. The van der Waals surface area contributed by atoms with E-state index in [0.717, 1.165) is 5.56 Å². The van der Waals surface area contributed by atoms with Gasteiger partial charge in [-0.3, -0.25) is 10.1 Å². The van der Waals surface area contributed by atoms with Gasteiger partial charge in [0.1, 0.15) is 0 Å². The van der Waals surface area contributed by atoms with Crippen LogP contribution < -0.4 is 0 Å². The van der Waals surface area contributed by atoms with Crippen LogP contribution in [0.15, 0.2) is 29.4 Å². The van der Waals surface area contributed by atoms with Gasteiger partial charge >= 0.3 is 0 Å². The van der Waals surface area contributed by atoms with E-state index in [1.165, 1.54) is 12.1 Å². The van der Waals surface area contributed by atoms with E-state index in [1.54, 1.807) is 12.1 Å². The van der Waals surface area contributed by atoms with Gasteiger partial charge in [0, 0.05) is 12.1 Å². The standard InChI is InChI=1S/C7H7N3O2/c8-9-5-6-1-3-7(4-2-6)10(11)12/h1-4,8H,5H2. The van der Waals surface area contributed by atoms with Gasteiger partial charge in [-0.15, -0.1) is 0 Å². The number of nitrogens with one attached hydrogen (secondary N) is 1. The Bertz CT molecular complexity index is 294. The highest BCUT2D eigenvalue weighted by molar-refractivity contribution is 5.32. The van der Waals surface area contributed by atoms with E-state index in [4.69, 9.17) is 5.53 Å². The first-order valence-electron chi connectivity index (χ1n) is 3.30. The van der Waals surface area contributed by atoms with Gasteiger partial charge in [0.05, 0.1) is 11.5 Å². The molecular weight excluding hydrogens is 158 g/mol. The van der Waals surface area contributed by atoms with Crippen molar-refractivity contribution in [2.24, 2.45) is 5.11 Å². The lowest BCUT2D eigenvalue weighted by atomic mass is 10.2. The van der Waals surface area contributed by atoms with E-state index >= 15 is 0 Å². The average Bonchev–Trinajstić information content (AvgIpc) is 2.06. The molecule has 0 bridgehead atoms. The van der Waals surface area contributed by atoms with E-state index in [2.05, 4.69) is 5.11 Å². The normalized spacial score (nSPS) is 9.33. The van der Waals surface area contributed by atoms with Crippen LogP contribution in [0.25, 0.3) is 0 Å². The third-order valence-electron chi connectivity index (χ3n) is 1.41. The van der Waals surface area contributed by atoms with Crippen LogP contribution in [0, 0.1) is 15.6 Å². The van der Waals surface area contributed by atoms with Gasteiger partial charge in [-0.1, -0.05) is 12.1 Å². The summed E-state index contributed by atoms with van der Waals surface area (Å²) in [6.07, 6.45) is 0. The molecular formula is C7H7N3O2. The predicted molar refractivity (Wildman–Crippen MR) is 41.9 cm³/mol. The van der Waals surface area contributed by atoms with Crippen molar-refractivity contribution in [1.29, 1.82) is 5.53 Å². The lowest BCUT2D eigenvalue weighted by molar-refractivity contribution is -0.384. The van der Waals surface area contributed by atoms with Gasteiger partial charge in [-0.2, -0.15) is 5.11 Å². The third kappa shape index (κ3) is 1.85. The molecule has 5 nitrogen and oxygen atoms in total. The number of hydrogen-bond acceptors (Lipinski definition) is 4. The van der Waals surface area contributed by atoms with Crippen LogP contribution in [0.4, 0.5) is 5.69 Å². The summed E-state index contributed by atoms with van der Waals surface area (Å²) in [5.74, 6) is 0. The van der Waals surface area contributed by atoms with Crippen molar-refractivity contribution in [3.8, 4) is 0 Å². The molecule has 0 saturated carbocycles. The smallest absolute Gasteiger partial charge is 0.258 e.